The van der Waals surface area contributed by atoms with E-state index in [1.807, 2.05) is 16.8 Å². The lowest BCUT2D eigenvalue weighted by Crippen LogP contribution is -2.17. The van der Waals surface area contributed by atoms with Crippen LogP contribution in [-0.2, 0) is 0 Å². The number of rotatable bonds is 5. The third kappa shape index (κ3) is 2.96. The second kappa shape index (κ2) is 5.17. The average molecular weight is 232 g/mol. The molecule has 0 bridgehead atoms. The van der Waals surface area contributed by atoms with Crippen LogP contribution < -0.4 is 5.32 Å². The predicted octanol–water partition coefficient (Wildman–Crippen LogP) is 2.97. The quantitative estimate of drug-likeness (QED) is 0.861. The summed E-state index contributed by atoms with van der Waals surface area (Å²) in [6, 6.07) is 2.41. The summed E-state index contributed by atoms with van der Waals surface area (Å²) >= 11 is 0. The van der Waals surface area contributed by atoms with Crippen molar-refractivity contribution < 1.29 is 0 Å². The van der Waals surface area contributed by atoms with Gasteiger partial charge < -0.3 is 5.32 Å². The highest BCUT2D eigenvalue weighted by atomic mass is 15.2. The summed E-state index contributed by atoms with van der Waals surface area (Å²) in [7, 11) is 0. The molecule has 2 heterocycles. The zero-order valence-electron chi connectivity index (χ0n) is 10.7. The van der Waals surface area contributed by atoms with Crippen LogP contribution in [0.15, 0.2) is 24.7 Å². The van der Waals surface area contributed by atoms with Crippen LogP contribution in [0.2, 0.25) is 0 Å². The molecule has 2 rings (SSSR count). The molecule has 92 valence electrons. The molecule has 0 aromatic carbocycles. The van der Waals surface area contributed by atoms with Gasteiger partial charge >= 0.3 is 0 Å². The van der Waals surface area contributed by atoms with Gasteiger partial charge in [-0.25, -0.2) is 9.50 Å². The first-order valence-electron chi connectivity index (χ1n) is 6.21. The van der Waals surface area contributed by atoms with Crippen molar-refractivity contribution in [2.75, 3.05) is 5.32 Å². The summed E-state index contributed by atoms with van der Waals surface area (Å²) in [5, 5.41) is 7.65. The molecule has 0 saturated carbocycles. The van der Waals surface area contributed by atoms with E-state index >= 15 is 0 Å². The van der Waals surface area contributed by atoms with E-state index in [0.717, 1.165) is 23.7 Å². The highest BCUT2D eigenvalue weighted by Crippen LogP contribution is 2.16. The molecule has 0 radical (unpaired) electrons. The Bertz CT molecular complexity index is 475. The van der Waals surface area contributed by atoms with Gasteiger partial charge in [-0.15, -0.1) is 0 Å². The van der Waals surface area contributed by atoms with E-state index in [9.17, 15) is 0 Å². The Labute approximate surface area is 102 Å². The Balaban J connectivity index is 2.05. The zero-order valence-corrected chi connectivity index (χ0v) is 10.7. The van der Waals surface area contributed by atoms with E-state index in [2.05, 4.69) is 36.2 Å². The van der Waals surface area contributed by atoms with Crippen LogP contribution in [0.5, 0.6) is 0 Å². The van der Waals surface area contributed by atoms with Gasteiger partial charge in [0.15, 0.2) is 5.82 Å². The van der Waals surface area contributed by atoms with E-state index in [4.69, 9.17) is 0 Å². The first kappa shape index (κ1) is 11.9. The molecule has 1 N–H and O–H groups in total. The summed E-state index contributed by atoms with van der Waals surface area (Å²) < 4.78 is 1.84. The fraction of sp³-hybridized carbons (Fsp3) is 0.538. The smallest absolute Gasteiger partial charge is 0.152 e. The van der Waals surface area contributed by atoms with Gasteiger partial charge in [-0.3, -0.25) is 0 Å². The molecule has 1 unspecified atom stereocenters. The molecule has 4 heteroatoms. The maximum Gasteiger partial charge on any atom is 0.152 e. The van der Waals surface area contributed by atoms with Crippen LogP contribution in [-0.4, -0.2) is 20.6 Å². The Morgan fingerprint density at radius 1 is 1.24 bits per heavy atom. The van der Waals surface area contributed by atoms with Gasteiger partial charge in [0.05, 0.1) is 6.20 Å². The number of anilines is 1. The summed E-state index contributed by atoms with van der Waals surface area (Å²) in [5.41, 5.74) is 1.03. The largest absolute Gasteiger partial charge is 0.366 e. The van der Waals surface area contributed by atoms with E-state index in [1.54, 1.807) is 12.4 Å². The highest BCUT2D eigenvalue weighted by Gasteiger charge is 2.07. The third-order valence-electron chi connectivity index (χ3n) is 2.88. The van der Waals surface area contributed by atoms with Gasteiger partial charge in [0.2, 0.25) is 0 Å². The van der Waals surface area contributed by atoms with Crippen molar-refractivity contribution in [1.29, 1.82) is 0 Å². The van der Waals surface area contributed by atoms with Gasteiger partial charge in [-0.2, -0.15) is 5.10 Å². The van der Waals surface area contributed by atoms with Gasteiger partial charge in [-0.05, 0) is 31.7 Å². The molecule has 0 amide bonds. The Kier molecular flexibility index (Phi) is 3.61. The molecule has 0 fully saturated rings. The molecule has 0 aliphatic carbocycles. The molecule has 0 aliphatic heterocycles. The van der Waals surface area contributed by atoms with Crippen molar-refractivity contribution in [3.63, 3.8) is 0 Å². The lowest BCUT2D eigenvalue weighted by atomic mass is 10.0. The molecule has 4 nitrogen and oxygen atoms in total. The molecule has 1 atom stereocenters. The molecule has 0 aliphatic rings. The van der Waals surface area contributed by atoms with Crippen molar-refractivity contribution in [1.82, 2.24) is 14.6 Å². The van der Waals surface area contributed by atoms with E-state index in [1.165, 1.54) is 6.42 Å². The lowest BCUT2D eigenvalue weighted by molar-refractivity contribution is 0.527. The Morgan fingerprint density at radius 3 is 2.82 bits per heavy atom. The van der Waals surface area contributed by atoms with Crippen molar-refractivity contribution in [2.24, 2.45) is 5.92 Å². The number of aromatic nitrogens is 3. The maximum atomic E-state index is 4.37. The Hall–Kier alpha value is -1.58. The summed E-state index contributed by atoms with van der Waals surface area (Å²) in [4.78, 5) is 4.37. The molecule has 0 spiro atoms. The average Bonchev–Trinajstić information content (AvgIpc) is 2.75. The van der Waals surface area contributed by atoms with Crippen molar-refractivity contribution >= 4 is 11.3 Å². The monoisotopic (exact) mass is 232 g/mol. The van der Waals surface area contributed by atoms with Crippen LogP contribution in [0.4, 0.5) is 5.82 Å². The van der Waals surface area contributed by atoms with Crippen LogP contribution in [0.25, 0.3) is 5.52 Å². The predicted molar refractivity (Wildman–Crippen MR) is 70.1 cm³/mol. The third-order valence-corrected chi connectivity index (χ3v) is 2.88. The van der Waals surface area contributed by atoms with Gasteiger partial charge in [-0.1, -0.05) is 13.8 Å². The van der Waals surface area contributed by atoms with Crippen molar-refractivity contribution in [3.8, 4) is 0 Å². The van der Waals surface area contributed by atoms with Gasteiger partial charge in [0.1, 0.15) is 5.52 Å². The number of hydrogen-bond acceptors (Lipinski definition) is 3. The van der Waals surface area contributed by atoms with E-state index in [-0.39, 0.29) is 0 Å². The van der Waals surface area contributed by atoms with Crippen LogP contribution in [0.1, 0.15) is 33.6 Å². The topological polar surface area (TPSA) is 42.2 Å². The summed E-state index contributed by atoms with van der Waals surface area (Å²) in [6.45, 7) is 6.70. The second-order valence-corrected chi connectivity index (χ2v) is 4.95. The molecule has 17 heavy (non-hydrogen) atoms. The molecule has 2 aromatic heterocycles. The highest BCUT2D eigenvalue weighted by molar-refractivity contribution is 5.66. The van der Waals surface area contributed by atoms with E-state index in [0.29, 0.717) is 6.04 Å². The lowest BCUT2D eigenvalue weighted by Gasteiger charge is -2.16. The number of fused-ring (bicyclic) bond motifs is 1. The van der Waals surface area contributed by atoms with Crippen molar-refractivity contribution in [2.45, 2.75) is 39.7 Å². The fourth-order valence-corrected chi connectivity index (χ4v) is 1.86. The zero-order chi connectivity index (χ0) is 12.3. The fourth-order valence-electron chi connectivity index (χ4n) is 1.86. The minimum absolute atomic E-state index is 0.436. The molecular formula is C13H20N4. The first-order chi connectivity index (χ1) is 8.16. The number of hydrogen-bond donors (Lipinski definition) is 1. The molecule has 2 aromatic rings. The first-order valence-corrected chi connectivity index (χ1v) is 6.21. The number of nitrogens with zero attached hydrogens (tertiary/aromatic N) is 3. The van der Waals surface area contributed by atoms with Crippen LogP contribution in [0, 0.1) is 5.92 Å². The number of nitrogens with one attached hydrogen (secondary N) is 1. The van der Waals surface area contributed by atoms with E-state index < -0.39 is 0 Å². The van der Waals surface area contributed by atoms with Crippen LogP contribution in [0.3, 0.4) is 0 Å². The Morgan fingerprint density at radius 2 is 2.06 bits per heavy atom. The van der Waals surface area contributed by atoms with Gasteiger partial charge in [0, 0.05) is 18.4 Å². The second-order valence-electron chi connectivity index (χ2n) is 4.95. The normalized spacial score (nSPS) is 13.2. The van der Waals surface area contributed by atoms with Gasteiger partial charge in [0.25, 0.3) is 0 Å². The van der Waals surface area contributed by atoms with Crippen molar-refractivity contribution in [3.05, 3.63) is 24.7 Å². The SMILES string of the molecule is CC(C)CCC(C)Nc1nccn2nccc12. The summed E-state index contributed by atoms with van der Waals surface area (Å²) in [6.07, 6.45) is 7.82. The maximum absolute atomic E-state index is 4.37. The minimum Gasteiger partial charge on any atom is -0.366 e. The molecule has 0 saturated heterocycles. The summed E-state index contributed by atoms with van der Waals surface area (Å²) in [5.74, 6) is 1.67. The minimum atomic E-state index is 0.436. The van der Waals surface area contributed by atoms with Crippen LogP contribution >= 0.6 is 0 Å². The standard InChI is InChI=1S/C13H20N4/c1-10(2)4-5-11(3)16-13-12-6-7-15-17(12)9-8-14-13/h6-11H,4-5H2,1-3H3,(H,14,16). The molecular weight excluding hydrogens is 212 g/mol.